The topological polar surface area (TPSA) is 129 Å². The Morgan fingerprint density at radius 3 is 2.63 bits per heavy atom. The summed E-state index contributed by atoms with van der Waals surface area (Å²) in [4.78, 5) is 23.7. The summed E-state index contributed by atoms with van der Waals surface area (Å²) in [5, 5.41) is 0. The number of hydrogen-bond acceptors (Lipinski definition) is 11. The Hall–Kier alpha value is -1.94. The van der Waals surface area contributed by atoms with Crippen molar-refractivity contribution in [1.29, 1.82) is 0 Å². The summed E-state index contributed by atoms with van der Waals surface area (Å²) < 4.78 is 32.7. The summed E-state index contributed by atoms with van der Waals surface area (Å²) >= 11 is 0. The second kappa shape index (κ2) is 11.0. The minimum absolute atomic E-state index is 0.116. The van der Waals surface area contributed by atoms with Crippen molar-refractivity contribution >= 4 is 32.1 Å². The highest BCUT2D eigenvalue weighted by molar-refractivity contribution is 7.33. The highest BCUT2D eigenvalue weighted by Gasteiger charge is 2.48. The number of nitrogens with two attached hydrogens (primary N) is 1. The van der Waals surface area contributed by atoms with Crippen molar-refractivity contribution in [2.24, 2.45) is 11.8 Å². The first-order chi connectivity index (χ1) is 17.1. The number of rotatable bonds is 13. The van der Waals surface area contributed by atoms with Gasteiger partial charge in [0.25, 0.3) is 6.47 Å². The van der Waals surface area contributed by atoms with Crippen LogP contribution in [0.25, 0.3) is 0 Å². The molecule has 0 saturated heterocycles. The maximum atomic E-state index is 11.7. The zero-order valence-corrected chi connectivity index (χ0v) is 21.1. The van der Waals surface area contributed by atoms with E-state index in [-0.39, 0.29) is 18.9 Å². The van der Waals surface area contributed by atoms with Crippen LogP contribution in [0, 0.1) is 11.8 Å². The predicted octanol–water partition coefficient (Wildman–Crippen LogP) is 3.10. The zero-order valence-electron chi connectivity index (χ0n) is 20.1. The average Bonchev–Trinajstić information content (AvgIpc) is 3.23. The molecule has 0 radical (unpaired) electrons. The van der Waals surface area contributed by atoms with Gasteiger partial charge in [-0.3, -0.25) is 13.9 Å². The van der Waals surface area contributed by atoms with Crippen LogP contribution in [0.2, 0.25) is 0 Å². The summed E-state index contributed by atoms with van der Waals surface area (Å²) in [6.07, 6.45) is 11.7. The Morgan fingerprint density at radius 2 is 1.89 bits per heavy atom. The molecule has 11 nitrogen and oxygen atoms in total. The Balaban J connectivity index is 1.10. The van der Waals surface area contributed by atoms with E-state index >= 15 is 0 Å². The molecule has 4 aliphatic rings. The lowest BCUT2D eigenvalue weighted by molar-refractivity contribution is -0.134. The normalized spacial score (nSPS) is 26.2. The number of nitrogens with zero attached hydrogens (tertiary/aromatic N) is 4. The van der Waals surface area contributed by atoms with Crippen molar-refractivity contribution in [3.8, 4) is 0 Å². The number of anilines is 3. The van der Waals surface area contributed by atoms with Crippen molar-refractivity contribution in [3.63, 3.8) is 0 Å². The van der Waals surface area contributed by atoms with E-state index < -0.39 is 8.25 Å². The van der Waals surface area contributed by atoms with Crippen LogP contribution >= 0.6 is 8.25 Å². The van der Waals surface area contributed by atoms with Gasteiger partial charge in [0.05, 0.1) is 32.0 Å². The molecule has 0 aromatic carbocycles. The van der Waals surface area contributed by atoms with Crippen LogP contribution < -0.4 is 15.5 Å². The monoisotopic (exact) mass is 509 g/mol. The largest absolute Gasteiger partial charge is 0.440 e. The summed E-state index contributed by atoms with van der Waals surface area (Å²) in [5.74, 6) is 2.32. The number of aromatic nitrogens is 2. The molecule has 0 amide bonds. The highest BCUT2D eigenvalue weighted by Crippen LogP contribution is 2.47. The molecule has 1 aromatic rings. The van der Waals surface area contributed by atoms with Crippen LogP contribution in [0.1, 0.15) is 57.8 Å². The van der Waals surface area contributed by atoms with E-state index in [1.54, 1.807) is 6.33 Å². The van der Waals surface area contributed by atoms with Gasteiger partial charge in [0.15, 0.2) is 11.6 Å². The number of carbonyl (C=O) groups excluding carboxylic acids is 1. The Morgan fingerprint density at radius 1 is 1.11 bits per heavy atom. The second-order valence-corrected chi connectivity index (χ2v) is 11.4. The van der Waals surface area contributed by atoms with Crippen molar-refractivity contribution in [3.05, 3.63) is 6.33 Å². The Bertz CT molecular complexity index is 912. The van der Waals surface area contributed by atoms with E-state index in [4.69, 9.17) is 19.5 Å². The smallest absolute Gasteiger partial charge is 0.322 e. The standard InChI is InChI=1S/C23H36N5O6P/c24-21-20-22(26-13-25-21)27(14-28(20)19-3-1-2-4-19)12-23(7-8-23)32-10-17-5-6-18(9-17)11-33-35(30)34-16-31-15-29/h13,15,17-19,35H,1-12,14,16H2,(H2,24,25,26). The third kappa shape index (κ3) is 5.90. The molecule has 2 N–H and O–H groups in total. The summed E-state index contributed by atoms with van der Waals surface area (Å²) in [6.45, 7) is 2.65. The molecular weight excluding hydrogens is 473 g/mol. The number of ether oxygens (including phenoxy) is 2. The van der Waals surface area contributed by atoms with E-state index in [1.807, 2.05) is 0 Å². The molecule has 1 aromatic heterocycles. The van der Waals surface area contributed by atoms with Crippen molar-refractivity contribution in [2.45, 2.75) is 69.4 Å². The minimum Gasteiger partial charge on any atom is -0.440 e. The van der Waals surface area contributed by atoms with Gasteiger partial charge in [-0.2, -0.15) is 0 Å². The quantitative estimate of drug-likeness (QED) is 0.182. The molecule has 3 unspecified atom stereocenters. The molecule has 3 fully saturated rings. The Labute approximate surface area is 206 Å². The molecule has 5 rings (SSSR count). The molecule has 194 valence electrons. The maximum absolute atomic E-state index is 11.7. The third-order valence-electron chi connectivity index (χ3n) is 7.82. The van der Waals surface area contributed by atoms with E-state index in [2.05, 4.69) is 24.5 Å². The fourth-order valence-corrected chi connectivity index (χ4v) is 6.42. The van der Waals surface area contributed by atoms with Crippen LogP contribution in [0.3, 0.4) is 0 Å². The predicted molar refractivity (Wildman–Crippen MR) is 130 cm³/mol. The van der Waals surface area contributed by atoms with E-state index in [1.165, 1.54) is 25.7 Å². The fraction of sp³-hybridized carbons (Fsp3) is 0.783. The van der Waals surface area contributed by atoms with Gasteiger partial charge >= 0.3 is 8.25 Å². The molecule has 1 aliphatic heterocycles. The second-order valence-electron chi connectivity index (χ2n) is 10.3. The lowest BCUT2D eigenvalue weighted by Gasteiger charge is -2.29. The van der Waals surface area contributed by atoms with Gasteiger partial charge in [0.1, 0.15) is 12.0 Å². The van der Waals surface area contributed by atoms with Gasteiger partial charge in [0.2, 0.25) is 6.79 Å². The molecular formula is C23H36N5O6P. The molecule has 3 atom stereocenters. The lowest BCUT2D eigenvalue weighted by atomic mass is 10.1. The van der Waals surface area contributed by atoms with Crippen molar-refractivity contribution in [1.82, 2.24) is 9.97 Å². The van der Waals surface area contributed by atoms with Crippen LogP contribution in [-0.4, -0.2) is 61.3 Å². The van der Waals surface area contributed by atoms with Crippen LogP contribution in [-0.2, 0) is 27.9 Å². The summed E-state index contributed by atoms with van der Waals surface area (Å²) in [7, 11) is -2.64. The number of fused-ring (bicyclic) bond motifs is 1. The maximum Gasteiger partial charge on any atom is 0.322 e. The first-order valence-corrected chi connectivity index (χ1v) is 13.9. The van der Waals surface area contributed by atoms with Crippen LogP contribution in [0.4, 0.5) is 17.3 Å². The van der Waals surface area contributed by atoms with E-state index in [9.17, 15) is 9.36 Å². The molecule has 2 heterocycles. The third-order valence-corrected chi connectivity index (χ3v) is 8.57. The number of nitrogen functional groups attached to an aromatic ring is 1. The molecule has 3 aliphatic carbocycles. The Kier molecular flexibility index (Phi) is 7.77. The molecule has 0 bridgehead atoms. The molecule has 3 saturated carbocycles. The minimum atomic E-state index is -2.64. The lowest BCUT2D eigenvalue weighted by Crippen LogP contribution is -2.42. The molecule has 0 spiro atoms. The molecule has 35 heavy (non-hydrogen) atoms. The van der Waals surface area contributed by atoms with Crippen molar-refractivity contribution in [2.75, 3.05) is 48.8 Å². The zero-order chi connectivity index (χ0) is 24.3. The fourth-order valence-electron chi connectivity index (χ4n) is 5.80. The van der Waals surface area contributed by atoms with E-state index in [0.29, 0.717) is 30.3 Å². The van der Waals surface area contributed by atoms with E-state index in [0.717, 1.165) is 63.4 Å². The van der Waals surface area contributed by atoms with Gasteiger partial charge < -0.3 is 29.5 Å². The van der Waals surface area contributed by atoms with Gasteiger partial charge in [-0.15, -0.1) is 0 Å². The summed E-state index contributed by atoms with van der Waals surface area (Å²) in [6, 6.07) is 0.514. The summed E-state index contributed by atoms with van der Waals surface area (Å²) in [5.41, 5.74) is 7.17. The first kappa shape index (κ1) is 24.7. The molecule has 12 heteroatoms. The SMILES string of the molecule is Nc1ncnc2c1N(C1CCCC1)CN2CC1(OCC2CCC(CO[PH](=O)OCOC=O)C2)CC1. The van der Waals surface area contributed by atoms with Crippen molar-refractivity contribution < 1.29 is 27.9 Å². The number of hydrogen-bond donors (Lipinski definition) is 1. The highest BCUT2D eigenvalue weighted by atomic mass is 31.1. The first-order valence-electron chi connectivity index (χ1n) is 12.7. The van der Waals surface area contributed by atoms with Gasteiger partial charge in [-0.05, 0) is 56.8 Å². The van der Waals surface area contributed by atoms with Crippen LogP contribution in [0.5, 0.6) is 0 Å². The van der Waals surface area contributed by atoms with Gasteiger partial charge in [-0.25, -0.2) is 9.97 Å². The van der Waals surface area contributed by atoms with Gasteiger partial charge in [-0.1, -0.05) is 12.8 Å². The number of carbonyl (C=O) groups is 1. The average molecular weight is 510 g/mol. The van der Waals surface area contributed by atoms with Gasteiger partial charge in [0, 0.05) is 6.04 Å². The van der Waals surface area contributed by atoms with Crippen LogP contribution in [0.15, 0.2) is 6.33 Å².